The van der Waals surface area contributed by atoms with Crippen LogP contribution in [0.3, 0.4) is 0 Å². The first kappa shape index (κ1) is 20.8. The highest BCUT2D eigenvalue weighted by atomic mass is 19.2. The van der Waals surface area contributed by atoms with E-state index in [1.165, 1.54) is 12.4 Å². The van der Waals surface area contributed by atoms with Crippen LogP contribution in [0.4, 0.5) is 14.6 Å². The average molecular weight is 429 g/mol. The van der Waals surface area contributed by atoms with Crippen molar-refractivity contribution < 1.29 is 23.2 Å². The fourth-order valence-corrected chi connectivity index (χ4v) is 3.50. The summed E-state index contributed by atoms with van der Waals surface area (Å²) in [6.07, 6.45) is 5.79. The molecule has 2 heterocycles. The maximum absolute atomic E-state index is 13.4. The van der Waals surface area contributed by atoms with Crippen LogP contribution >= 0.6 is 0 Å². The largest absolute Gasteiger partial charge is 0.348 e. The molecule has 0 bridgehead atoms. The van der Waals surface area contributed by atoms with E-state index in [2.05, 4.69) is 20.6 Å². The van der Waals surface area contributed by atoms with Crippen LogP contribution in [0.25, 0.3) is 0 Å². The van der Waals surface area contributed by atoms with Crippen molar-refractivity contribution >= 4 is 23.5 Å². The van der Waals surface area contributed by atoms with Crippen LogP contribution < -0.4 is 10.6 Å². The molecule has 0 spiro atoms. The molecular formula is C21H21F2N5O3. The molecule has 0 atom stereocenters. The van der Waals surface area contributed by atoms with E-state index >= 15 is 0 Å². The molecule has 2 fully saturated rings. The molecule has 4 rings (SSSR count). The summed E-state index contributed by atoms with van der Waals surface area (Å²) in [5, 5.41) is 5.29. The Morgan fingerprint density at radius 1 is 0.935 bits per heavy atom. The molecule has 0 unspecified atom stereocenters. The van der Waals surface area contributed by atoms with E-state index in [4.69, 9.17) is 0 Å². The summed E-state index contributed by atoms with van der Waals surface area (Å²) in [5.74, 6) is -3.21. The summed E-state index contributed by atoms with van der Waals surface area (Å²) in [4.78, 5) is 47.1. The molecular weight excluding hydrogens is 408 g/mol. The van der Waals surface area contributed by atoms with Gasteiger partial charge in [-0.1, -0.05) is 0 Å². The molecule has 3 amide bonds. The number of nitrogens with one attached hydrogen (secondary N) is 2. The highest BCUT2D eigenvalue weighted by molar-refractivity contribution is 6.07. The van der Waals surface area contributed by atoms with Gasteiger partial charge in [-0.3, -0.25) is 14.4 Å². The molecule has 2 N–H and O–H groups in total. The van der Waals surface area contributed by atoms with E-state index in [0.717, 1.165) is 31.0 Å². The number of hydrogen-bond acceptors (Lipinski definition) is 5. The van der Waals surface area contributed by atoms with Gasteiger partial charge in [-0.25, -0.2) is 18.7 Å². The molecule has 0 radical (unpaired) electrons. The zero-order chi connectivity index (χ0) is 22.0. The van der Waals surface area contributed by atoms with Crippen LogP contribution in [0, 0.1) is 17.6 Å². The lowest BCUT2D eigenvalue weighted by Gasteiger charge is -2.32. The van der Waals surface area contributed by atoms with Gasteiger partial charge in [0, 0.05) is 43.0 Å². The first-order chi connectivity index (χ1) is 14.9. The third kappa shape index (κ3) is 4.84. The van der Waals surface area contributed by atoms with Crippen LogP contribution in [0.1, 0.15) is 46.5 Å². The van der Waals surface area contributed by atoms with Crippen molar-refractivity contribution in [2.45, 2.75) is 31.7 Å². The molecule has 1 aliphatic carbocycles. The molecule has 31 heavy (non-hydrogen) atoms. The second kappa shape index (κ2) is 8.75. The zero-order valence-corrected chi connectivity index (χ0v) is 16.6. The first-order valence-corrected chi connectivity index (χ1v) is 10.1. The van der Waals surface area contributed by atoms with E-state index in [0.29, 0.717) is 25.9 Å². The second-order valence-corrected chi connectivity index (χ2v) is 7.68. The fourth-order valence-electron chi connectivity index (χ4n) is 3.50. The number of halogens is 2. The zero-order valence-electron chi connectivity index (χ0n) is 16.6. The summed E-state index contributed by atoms with van der Waals surface area (Å²) < 4.78 is 26.5. The number of carbonyl (C=O) groups excluding carboxylic acids is 3. The third-order valence-corrected chi connectivity index (χ3v) is 5.40. The Bertz CT molecular complexity index is 1020. The summed E-state index contributed by atoms with van der Waals surface area (Å²) in [7, 11) is 0. The van der Waals surface area contributed by atoms with E-state index in [1.54, 1.807) is 0 Å². The number of carbonyl (C=O) groups is 3. The summed E-state index contributed by atoms with van der Waals surface area (Å²) in [6.45, 7) is 1.17. The maximum Gasteiger partial charge on any atom is 0.273 e. The number of likely N-dealkylation sites (tertiary alicyclic amines) is 1. The van der Waals surface area contributed by atoms with Gasteiger partial charge in [-0.15, -0.1) is 0 Å². The smallest absolute Gasteiger partial charge is 0.273 e. The van der Waals surface area contributed by atoms with Crippen molar-refractivity contribution in [2.75, 3.05) is 18.4 Å². The van der Waals surface area contributed by atoms with Gasteiger partial charge in [0.05, 0.1) is 0 Å². The van der Waals surface area contributed by atoms with Crippen molar-refractivity contribution in [1.29, 1.82) is 0 Å². The maximum atomic E-state index is 13.4. The van der Waals surface area contributed by atoms with Crippen molar-refractivity contribution in [3.8, 4) is 0 Å². The number of hydrogen-bond donors (Lipinski definition) is 2. The molecule has 1 aliphatic heterocycles. The Morgan fingerprint density at radius 2 is 1.65 bits per heavy atom. The van der Waals surface area contributed by atoms with Crippen LogP contribution in [0.5, 0.6) is 0 Å². The van der Waals surface area contributed by atoms with Gasteiger partial charge in [0.1, 0.15) is 0 Å². The summed E-state index contributed by atoms with van der Waals surface area (Å²) in [5.41, 5.74) is -0.210. The van der Waals surface area contributed by atoms with Crippen LogP contribution in [0.15, 0.2) is 30.6 Å². The van der Waals surface area contributed by atoms with Crippen LogP contribution in [-0.2, 0) is 4.79 Å². The van der Waals surface area contributed by atoms with E-state index in [1.807, 2.05) is 4.90 Å². The molecule has 2 aliphatic rings. The van der Waals surface area contributed by atoms with Crippen molar-refractivity contribution in [2.24, 2.45) is 5.92 Å². The van der Waals surface area contributed by atoms with Gasteiger partial charge in [0.25, 0.3) is 11.8 Å². The number of aromatic nitrogens is 2. The lowest BCUT2D eigenvalue weighted by atomic mass is 10.0. The van der Waals surface area contributed by atoms with Crippen LogP contribution in [0.2, 0.25) is 0 Å². The topological polar surface area (TPSA) is 104 Å². The normalized spacial score (nSPS) is 16.6. The Kier molecular flexibility index (Phi) is 5.88. The number of amides is 3. The van der Waals surface area contributed by atoms with Crippen LogP contribution in [-0.4, -0.2) is 51.7 Å². The quantitative estimate of drug-likeness (QED) is 0.758. The number of benzene rings is 1. The van der Waals surface area contributed by atoms with Gasteiger partial charge >= 0.3 is 0 Å². The second-order valence-electron chi connectivity index (χ2n) is 7.68. The molecule has 8 nitrogen and oxygen atoms in total. The standard InChI is InChI=1S/C21H21F2N5O3/c22-15-4-3-13(11-16(15)23)19(29)27-18-17(24-7-8-25-18)20(30)26-14-5-9-28(10-6-14)21(31)12-1-2-12/h3-4,7-8,11-12,14H,1-2,5-6,9-10H2,(H,26,30)(H,25,27,29). The van der Waals surface area contributed by atoms with E-state index in [9.17, 15) is 23.2 Å². The Hall–Kier alpha value is -3.43. The summed E-state index contributed by atoms with van der Waals surface area (Å²) >= 11 is 0. The fraction of sp³-hybridized carbons (Fsp3) is 0.381. The monoisotopic (exact) mass is 429 g/mol. The predicted molar refractivity (Wildman–Crippen MR) is 106 cm³/mol. The van der Waals surface area contributed by atoms with Crippen molar-refractivity contribution in [1.82, 2.24) is 20.2 Å². The molecule has 1 aromatic heterocycles. The minimum atomic E-state index is -1.16. The lowest BCUT2D eigenvalue weighted by Crippen LogP contribution is -2.47. The Labute approximate surface area is 177 Å². The lowest BCUT2D eigenvalue weighted by molar-refractivity contribution is -0.133. The molecule has 1 aromatic carbocycles. The number of nitrogens with zero attached hydrogens (tertiary/aromatic N) is 3. The van der Waals surface area contributed by atoms with Gasteiger partial charge in [0.2, 0.25) is 5.91 Å². The van der Waals surface area contributed by atoms with E-state index in [-0.39, 0.29) is 34.9 Å². The van der Waals surface area contributed by atoms with Gasteiger partial charge < -0.3 is 15.5 Å². The summed E-state index contributed by atoms with van der Waals surface area (Å²) in [6, 6.07) is 2.60. The minimum Gasteiger partial charge on any atom is -0.348 e. The highest BCUT2D eigenvalue weighted by Gasteiger charge is 2.35. The van der Waals surface area contributed by atoms with Gasteiger partial charge in [0.15, 0.2) is 23.1 Å². The predicted octanol–water partition coefficient (Wildman–Crippen LogP) is 2.14. The molecule has 2 aromatic rings. The van der Waals surface area contributed by atoms with Gasteiger partial charge in [-0.05, 0) is 43.9 Å². The first-order valence-electron chi connectivity index (χ1n) is 10.1. The third-order valence-electron chi connectivity index (χ3n) is 5.40. The minimum absolute atomic E-state index is 0.0870. The molecule has 1 saturated heterocycles. The molecule has 1 saturated carbocycles. The molecule has 10 heteroatoms. The van der Waals surface area contributed by atoms with Gasteiger partial charge in [-0.2, -0.15) is 0 Å². The van der Waals surface area contributed by atoms with E-state index < -0.39 is 23.4 Å². The number of anilines is 1. The SMILES string of the molecule is O=C(Nc1nccnc1C(=O)NC1CCN(C(=O)C2CC2)CC1)c1ccc(F)c(F)c1. The molecule has 162 valence electrons. The Balaban J connectivity index is 1.38. The van der Waals surface area contributed by atoms with Crippen molar-refractivity contribution in [3.05, 3.63) is 53.5 Å². The average Bonchev–Trinajstić information content (AvgIpc) is 3.61. The Morgan fingerprint density at radius 3 is 2.32 bits per heavy atom. The number of piperidine rings is 1. The highest BCUT2D eigenvalue weighted by Crippen LogP contribution is 2.32. The van der Waals surface area contributed by atoms with Crippen molar-refractivity contribution in [3.63, 3.8) is 0 Å². The number of rotatable bonds is 5.